The number of H-pyrrole nitrogens is 1. The summed E-state index contributed by atoms with van der Waals surface area (Å²) in [4.78, 5) is 30.6. The summed E-state index contributed by atoms with van der Waals surface area (Å²) in [6.45, 7) is 0.305. The lowest BCUT2D eigenvalue weighted by Crippen LogP contribution is -2.32. The summed E-state index contributed by atoms with van der Waals surface area (Å²) in [5.41, 5.74) is -0.0163. The third-order valence-corrected chi connectivity index (χ3v) is 4.69. The quantitative estimate of drug-likeness (QED) is 0.537. The smallest absolute Gasteiger partial charge is 0.331 e. The summed E-state index contributed by atoms with van der Waals surface area (Å²) in [6.07, 6.45) is 1.59. The molecule has 162 valence electrons. The number of aromatic amines is 1. The number of nitrogens with one attached hydrogen (secondary N) is 1. The second-order valence-electron chi connectivity index (χ2n) is 6.68. The molecule has 31 heavy (non-hydrogen) atoms. The fourth-order valence-electron chi connectivity index (χ4n) is 3.01. The van der Waals surface area contributed by atoms with Crippen LogP contribution in [0, 0.1) is 5.82 Å². The van der Waals surface area contributed by atoms with Crippen LogP contribution in [0.5, 0.6) is 17.4 Å². The maximum absolute atomic E-state index is 13.0. The van der Waals surface area contributed by atoms with Gasteiger partial charge in [0.05, 0.1) is 20.8 Å². The molecule has 0 spiro atoms. The highest BCUT2D eigenvalue weighted by molar-refractivity contribution is 5.81. The van der Waals surface area contributed by atoms with Gasteiger partial charge in [-0.15, -0.1) is 0 Å². The van der Waals surface area contributed by atoms with E-state index in [4.69, 9.17) is 9.47 Å². The first-order chi connectivity index (χ1) is 14.9. The Morgan fingerprint density at radius 3 is 2.42 bits per heavy atom. The lowest BCUT2D eigenvalue weighted by molar-refractivity contribution is 0.354. The third-order valence-electron chi connectivity index (χ3n) is 4.69. The highest BCUT2D eigenvalue weighted by Crippen LogP contribution is 2.27. The molecular weight excluding hydrogens is 405 g/mol. The Balaban J connectivity index is 1.80. The van der Waals surface area contributed by atoms with Crippen LogP contribution in [0.25, 0.3) is 0 Å². The molecule has 0 saturated heterocycles. The summed E-state index contributed by atoms with van der Waals surface area (Å²) in [6, 6.07) is 11.1. The number of rotatable bonds is 8. The van der Waals surface area contributed by atoms with Crippen molar-refractivity contribution in [2.45, 2.75) is 19.5 Å². The van der Waals surface area contributed by atoms with Crippen LogP contribution in [0.3, 0.4) is 0 Å². The lowest BCUT2D eigenvalue weighted by Gasteiger charge is -2.12. The van der Waals surface area contributed by atoms with Crippen LogP contribution in [0.4, 0.5) is 4.39 Å². The topological polar surface area (TPSA) is 106 Å². The number of aromatic nitrogens is 2. The van der Waals surface area contributed by atoms with Gasteiger partial charge in [0.25, 0.3) is 5.56 Å². The minimum absolute atomic E-state index is 0.121. The fourth-order valence-corrected chi connectivity index (χ4v) is 3.01. The van der Waals surface area contributed by atoms with Crippen LogP contribution >= 0.6 is 0 Å². The van der Waals surface area contributed by atoms with Crippen molar-refractivity contribution < 1.29 is 19.0 Å². The molecule has 3 aromatic rings. The van der Waals surface area contributed by atoms with E-state index in [-0.39, 0.29) is 24.5 Å². The highest BCUT2D eigenvalue weighted by atomic mass is 19.1. The molecule has 0 amide bonds. The van der Waals surface area contributed by atoms with Gasteiger partial charge in [0.2, 0.25) is 5.88 Å². The Morgan fingerprint density at radius 1 is 1.06 bits per heavy atom. The number of halogens is 1. The number of aliphatic imine (C=N–C) groups is 1. The van der Waals surface area contributed by atoms with Gasteiger partial charge in [-0.25, -0.2) is 9.18 Å². The number of benzene rings is 2. The standard InChI is InChI=1S/C22H22FN3O5/c1-30-18-8-5-14(11-19(18)31-2)9-10-26-21(28)17(20(27)25-22(26)29)13-24-12-15-3-6-16(23)7-4-15/h3-8,11,13,28H,9-10,12H2,1-2H3,(H,25,27,29). The fraction of sp³-hybridized carbons (Fsp3) is 0.227. The molecule has 0 aliphatic carbocycles. The summed E-state index contributed by atoms with van der Waals surface area (Å²) >= 11 is 0. The maximum atomic E-state index is 13.0. The average Bonchev–Trinajstić information content (AvgIpc) is 2.76. The van der Waals surface area contributed by atoms with E-state index in [9.17, 15) is 19.1 Å². The summed E-state index contributed by atoms with van der Waals surface area (Å²) in [5.74, 6) is 0.294. The van der Waals surface area contributed by atoms with Gasteiger partial charge in [-0.3, -0.25) is 19.3 Å². The molecule has 0 fully saturated rings. The van der Waals surface area contributed by atoms with Crippen molar-refractivity contribution in [1.29, 1.82) is 0 Å². The van der Waals surface area contributed by atoms with Gasteiger partial charge in [0, 0.05) is 12.8 Å². The van der Waals surface area contributed by atoms with E-state index in [0.29, 0.717) is 17.9 Å². The van der Waals surface area contributed by atoms with Crippen molar-refractivity contribution >= 4 is 6.21 Å². The molecule has 1 aromatic heterocycles. The van der Waals surface area contributed by atoms with Gasteiger partial charge >= 0.3 is 5.69 Å². The molecule has 8 nitrogen and oxygen atoms in total. The van der Waals surface area contributed by atoms with Crippen LogP contribution in [0.15, 0.2) is 57.0 Å². The number of aryl methyl sites for hydroxylation is 1. The van der Waals surface area contributed by atoms with Crippen molar-refractivity contribution in [2.75, 3.05) is 14.2 Å². The van der Waals surface area contributed by atoms with Crippen LogP contribution in [0.1, 0.15) is 16.7 Å². The molecule has 0 unspecified atom stereocenters. The molecule has 0 saturated carbocycles. The predicted octanol–water partition coefficient (Wildman–Crippen LogP) is 2.26. The van der Waals surface area contributed by atoms with E-state index >= 15 is 0 Å². The molecule has 3 rings (SSSR count). The molecule has 1 heterocycles. The van der Waals surface area contributed by atoms with Crippen LogP contribution in [-0.2, 0) is 19.5 Å². The summed E-state index contributed by atoms with van der Waals surface area (Å²) < 4.78 is 24.5. The van der Waals surface area contributed by atoms with Gasteiger partial charge in [-0.05, 0) is 41.8 Å². The molecule has 0 radical (unpaired) electrons. The number of ether oxygens (including phenoxy) is 2. The normalized spacial score (nSPS) is 11.1. The molecular formula is C22H22FN3O5. The first kappa shape index (κ1) is 21.8. The Bertz CT molecular complexity index is 1200. The molecule has 0 aliphatic rings. The Labute approximate surface area is 177 Å². The molecule has 2 aromatic carbocycles. The molecule has 0 atom stereocenters. The van der Waals surface area contributed by atoms with Crippen molar-refractivity contribution in [1.82, 2.24) is 9.55 Å². The molecule has 9 heteroatoms. The average molecular weight is 427 g/mol. The van der Waals surface area contributed by atoms with E-state index in [1.54, 1.807) is 24.3 Å². The monoisotopic (exact) mass is 427 g/mol. The summed E-state index contributed by atoms with van der Waals surface area (Å²) in [5, 5.41) is 10.5. The van der Waals surface area contributed by atoms with Crippen molar-refractivity contribution in [3.63, 3.8) is 0 Å². The van der Waals surface area contributed by atoms with E-state index in [0.717, 1.165) is 15.7 Å². The maximum Gasteiger partial charge on any atom is 0.331 e. The van der Waals surface area contributed by atoms with Crippen molar-refractivity contribution in [2.24, 2.45) is 4.99 Å². The number of aromatic hydroxyl groups is 1. The zero-order chi connectivity index (χ0) is 22.4. The van der Waals surface area contributed by atoms with Gasteiger partial charge in [0.1, 0.15) is 11.4 Å². The molecule has 2 N–H and O–H groups in total. The minimum atomic E-state index is -0.743. The van der Waals surface area contributed by atoms with E-state index in [1.165, 1.54) is 32.6 Å². The van der Waals surface area contributed by atoms with Gasteiger partial charge in [0.15, 0.2) is 11.5 Å². The first-order valence-corrected chi connectivity index (χ1v) is 9.44. The second-order valence-corrected chi connectivity index (χ2v) is 6.68. The van der Waals surface area contributed by atoms with Crippen molar-refractivity contribution in [3.8, 4) is 17.4 Å². The Hall–Kier alpha value is -3.88. The van der Waals surface area contributed by atoms with Gasteiger partial charge < -0.3 is 14.6 Å². The lowest BCUT2D eigenvalue weighted by atomic mass is 10.1. The molecule has 0 aliphatic heterocycles. The third kappa shape index (κ3) is 5.19. The Morgan fingerprint density at radius 2 is 1.74 bits per heavy atom. The van der Waals surface area contributed by atoms with Gasteiger partial charge in [-0.2, -0.15) is 0 Å². The minimum Gasteiger partial charge on any atom is -0.494 e. The van der Waals surface area contributed by atoms with Crippen LogP contribution in [0.2, 0.25) is 0 Å². The predicted molar refractivity (Wildman–Crippen MR) is 114 cm³/mol. The van der Waals surface area contributed by atoms with E-state index in [2.05, 4.69) is 9.98 Å². The number of hydrogen-bond acceptors (Lipinski definition) is 6. The number of nitrogens with zero attached hydrogens (tertiary/aromatic N) is 2. The van der Waals surface area contributed by atoms with Gasteiger partial charge in [-0.1, -0.05) is 18.2 Å². The van der Waals surface area contributed by atoms with Crippen molar-refractivity contribution in [3.05, 3.63) is 85.8 Å². The highest BCUT2D eigenvalue weighted by Gasteiger charge is 2.13. The zero-order valence-electron chi connectivity index (χ0n) is 17.1. The second kappa shape index (κ2) is 9.75. The molecule has 0 bridgehead atoms. The number of hydrogen-bond donors (Lipinski definition) is 2. The SMILES string of the molecule is COc1ccc(CCn2c(O)c(C=NCc3ccc(F)cc3)c(=O)[nH]c2=O)cc1OC. The number of methoxy groups -OCH3 is 2. The van der Waals surface area contributed by atoms with Crippen LogP contribution in [-0.4, -0.2) is 35.1 Å². The zero-order valence-corrected chi connectivity index (χ0v) is 17.1. The Kier molecular flexibility index (Phi) is 6.86. The largest absolute Gasteiger partial charge is 0.494 e. The van der Waals surface area contributed by atoms with E-state index < -0.39 is 17.1 Å². The van der Waals surface area contributed by atoms with Crippen LogP contribution < -0.4 is 20.7 Å². The summed E-state index contributed by atoms with van der Waals surface area (Å²) in [7, 11) is 3.06. The van der Waals surface area contributed by atoms with E-state index in [1.807, 2.05) is 6.07 Å². The first-order valence-electron chi connectivity index (χ1n) is 9.44.